The van der Waals surface area contributed by atoms with Gasteiger partial charge >= 0.3 is 6.18 Å². The molecule has 3 rings (SSSR count). The van der Waals surface area contributed by atoms with Crippen molar-refractivity contribution in [2.45, 2.75) is 43.2 Å². The molecule has 2 N–H and O–H groups in total. The number of fused-ring (bicyclic) bond motifs is 2. The maximum absolute atomic E-state index is 12.5. The van der Waals surface area contributed by atoms with Crippen LogP contribution in [0.1, 0.15) is 29.9 Å². The van der Waals surface area contributed by atoms with Crippen LogP contribution in [0.15, 0.2) is 24.3 Å². The molecule has 2 bridgehead atoms. The second kappa shape index (κ2) is 3.96. The van der Waals surface area contributed by atoms with Gasteiger partial charge in [0, 0.05) is 12.0 Å². The van der Waals surface area contributed by atoms with Crippen molar-refractivity contribution in [3.8, 4) is 0 Å². The van der Waals surface area contributed by atoms with E-state index in [1.807, 2.05) is 0 Å². The van der Waals surface area contributed by atoms with E-state index in [-0.39, 0.29) is 24.2 Å². The number of rotatable bonds is 1. The maximum atomic E-state index is 12.5. The third kappa shape index (κ3) is 1.82. The first-order chi connectivity index (χ1) is 8.47. The highest BCUT2D eigenvalue weighted by Gasteiger charge is 2.47. The summed E-state index contributed by atoms with van der Waals surface area (Å²) in [6, 6.07) is 5.19. The van der Waals surface area contributed by atoms with Crippen LogP contribution < -0.4 is 5.73 Å². The predicted octanol–water partition coefficient (Wildman–Crippen LogP) is 2.68. The molecule has 2 heterocycles. The number of alkyl halides is 3. The topological polar surface area (TPSA) is 35.2 Å². The molecule has 5 heteroatoms. The van der Waals surface area contributed by atoms with E-state index in [2.05, 4.69) is 0 Å². The minimum absolute atomic E-state index is 0.0334. The van der Waals surface area contributed by atoms with Gasteiger partial charge in [-0.3, -0.25) is 0 Å². The predicted molar refractivity (Wildman–Crippen MR) is 60.1 cm³/mol. The zero-order valence-corrected chi connectivity index (χ0v) is 9.65. The van der Waals surface area contributed by atoms with Crippen molar-refractivity contribution in [3.05, 3.63) is 35.4 Å². The summed E-state index contributed by atoms with van der Waals surface area (Å²) in [5, 5.41) is 0. The first-order valence-corrected chi connectivity index (χ1v) is 6.05. The first kappa shape index (κ1) is 12.0. The van der Waals surface area contributed by atoms with Gasteiger partial charge in [0.1, 0.15) is 0 Å². The van der Waals surface area contributed by atoms with Gasteiger partial charge in [0.15, 0.2) is 0 Å². The molecule has 98 valence electrons. The summed E-state index contributed by atoms with van der Waals surface area (Å²) in [6.45, 7) is 0. The van der Waals surface area contributed by atoms with Crippen molar-refractivity contribution >= 4 is 0 Å². The van der Waals surface area contributed by atoms with Crippen LogP contribution >= 0.6 is 0 Å². The van der Waals surface area contributed by atoms with Crippen molar-refractivity contribution < 1.29 is 17.9 Å². The van der Waals surface area contributed by atoms with E-state index in [1.165, 1.54) is 12.1 Å². The Morgan fingerprint density at radius 1 is 1.06 bits per heavy atom. The molecule has 0 spiro atoms. The van der Waals surface area contributed by atoms with Gasteiger partial charge in [-0.25, -0.2) is 0 Å². The van der Waals surface area contributed by atoms with Crippen LogP contribution in [0.3, 0.4) is 0 Å². The highest BCUT2D eigenvalue weighted by atomic mass is 19.4. The highest BCUT2D eigenvalue weighted by molar-refractivity contribution is 5.31. The summed E-state index contributed by atoms with van der Waals surface area (Å²) in [7, 11) is 0. The summed E-state index contributed by atoms with van der Waals surface area (Å²) >= 11 is 0. The van der Waals surface area contributed by atoms with Gasteiger partial charge in [-0.05, 0) is 30.5 Å². The summed E-state index contributed by atoms with van der Waals surface area (Å²) in [5.74, 6) is 0.0334. The normalized spacial score (nSPS) is 35.1. The molecule has 4 atom stereocenters. The van der Waals surface area contributed by atoms with E-state index in [1.54, 1.807) is 0 Å². The smallest absolute Gasteiger partial charge is 0.373 e. The summed E-state index contributed by atoms with van der Waals surface area (Å²) in [4.78, 5) is 0. The van der Waals surface area contributed by atoms with Gasteiger partial charge in [-0.1, -0.05) is 12.1 Å². The lowest BCUT2D eigenvalue weighted by Crippen LogP contribution is -2.38. The molecule has 4 unspecified atom stereocenters. The largest absolute Gasteiger partial charge is 0.416 e. The Bertz CT molecular complexity index is 441. The fraction of sp³-hybridized carbons (Fsp3) is 0.538. The number of halogens is 3. The Morgan fingerprint density at radius 3 is 2.17 bits per heavy atom. The standard InChI is InChI=1S/C13H14F3NO/c14-13(15,16)8-3-1-7(2-4-8)11-9-5-6-10(18-9)12(11)17/h1-4,9-12H,5-6,17H2. The third-order valence-corrected chi connectivity index (χ3v) is 3.95. The Kier molecular flexibility index (Phi) is 2.64. The van der Waals surface area contributed by atoms with Gasteiger partial charge in [0.25, 0.3) is 0 Å². The van der Waals surface area contributed by atoms with Crippen molar-refractivity contribution in [3.63, 3.8) is 0 Å². The summed E-state index contributed by atoms with van der Waals surface area (Å²) in [5.41, 5.74) is 6.30. The van der Waals surface area contributed by atoms with Gasteiger partial charge in [0.2, 0.25) is 0 Å². The monoisotopic (exact) mass is 257 g/mol. The van der Waals surface area contributed by atoms with E-state index in [0.717, 1.165) is 30.5 Å². The van der Waals surface area contributed by atoms with Crippen molar-refractivity contribution in [1.82, 2.24) is 0 Å². The molecular weight excluding hydrogens is 243 g/mol. The number of hydrogen-bond donors (Lipinski definition) is 1. The Balaban J connectivity index is 1.85. The quantitative estimate of drug-likeness (QED) is 0.839. The van der Waals surface area contributed by atoms with Crippen LogP contribution in [0, 0.1) is 0 Å². The molecule has 2 aliphatic heterocycles. The van der Waals surface area contributed by atoms with Gasteiger partial charge in [-0.15, -0.1) is 0 Å². The molecule has 2 saturated heterocycles. The lowest BCUT2D eigenvalue weighted by atomic mass is 9.80. The Morgan fingerprint density at radius 2 is 1.67 bits per heavy atom. The zero-order valence-electron chi connectivity index (χ0n) is 9.65. The minimum atomic E-state index is -4.29. The molecule has 0 radical (unpaired) electrons. The number of benzene rings is 1. The van der Waals surface area contributed by atoms with Crippen LogP contribution in [-0.4, -0.2) is 18.2 Å². The van der Waals surface area contributed by atoms with Crippen molar-refractivity contribution in [2.24, 2.45) is 5.73 Å². The molecule has 2 fully saturated rings. The van der Waals surface area contributed by atoms with E-state index in [9.17, 15) is 13.2 Å². The molecule has 1 aromatic carbocycles. The van der Waals surface area contributed by atoms with Crippen LogP contribution in [0.4, 0.5) is 13.2 Å². The highest BCUT2D eigenvalue weighted by Crippen LogP contribution is 2.44. The van der Waals surface area contributed by atoms with E-state index >= 15 is 0 Å². The average Bonchev–Trinajstić information content (AvgIpc) is 2.88. The van der Waals surface area contributed by atoms with Gasteiger partial charge < -0.3 is 10.5 Å². The Labute approximate surface area is 103 Å². The third-order valence-electron chi connectivity index (χ3n) is 3.95. The van der Waals surface area contributed by atoms with E-state index in [0.29, 0.717) is 0 Å². The summed E-state index contributed by atoms with van der Waals surface area (Å²) < 4.78 is 43.1. The van der Waals surface area contributed by atoms with Crippen LogP contribution in [0.5, 0.6) is 0 Å². The fourth-order valence-electron chi connectivity index (χ4n) is 3.05. The summed E-state index contributed by atoms with van der Waals surface area (Å²) in [6.07, 6.45) is -2.23. The molecule has 0 aliphatic carbocycles. The zero-order chi connectivity index (χ0) is 12.9. The van der Waals surface area contributed by atoms with E-state index in [4.69, 9.17) is 10.5 Å². The lowest BCUT2D eigenvalue weighted by Gasteiger charge is -2.25. The number of ether oxygens (including phenoxy) is 1. The average molecular weight is 257 g/mol. The minimum Gasteiger partial charge on any atom is -0.373 e. The second-order valence-corrected chi connectivity index (χ2v) is 5.01. The SMILES string of the molecule is NC1C2CCC(O2)C1c1ccc(C(F)(F)F)cc1. The number of nitrogens with two attached hydrogens (primary N) is 1. The molecule has 0 saturated carbocycles. The Hall–Kier alpha value is -1.07. The van der Waals surface area contributed by atoms with E-state index < -0.39 is 11.7 Å². The van der Waals surface area contributed by atoms with Gasteiger partial charge in [-0.2, -0.15) is 13.2 Å². The van der Waals surface area contributed by atoms with Crippen molar-refractivity contribution in [1.29, 1.82) is 0 Å². The lowest BCUT2D eigenvalue weighted by molar-refractivity contribution is -0.137. The second-order valence-electron chi connectivity index (χ2n) is 5.01. The molecule has 18 heavy (non-hydrogen) atoms. The molecular formula is C13H14F3NO. The number of hydrogen-bond acceptors (Lipinski definition) is 2. The molecule has 0 amide bonds. The van der Waals surface area contributed by atoms with Gasteiger partial charge in [0.05, 0.1) is 17.8 Å². The fourth-order valence-corrected chi connectivity index (χ4v) is 3.05. The van der Waals surface area contributed by atoms with Crippen LogP contribution in [0.2, 0.25) is 0 Å². The molecule has 2 nitrogen and oxygen atoms in total. The molecule has 1 aromatic rings. The van der Waals surface area contributed by atoms with Crippen molar-refractivity contribution in [2.75, 3.05) is 0 Å². The van der Waals surface area contributed by atoms with Crippen LogP contribution in [0.25, 0.3) is 0 Å². The van der Waals surface area contributed by atoms with Crippen LogP contribution in [-0.2, 0) is 10.9 Å². The maximum Gasteiger partial charge on any atom is 0.416 e. The molecule has 2 aliphatic rings. The molecule has 0 aromatic heterocycles. The first-order valence-electron chi connectivity index (χ1n) is 6.05.